The van der Waals surface area contributed by atoms with E-state index in [1.807, 2.05) is 24.3 Å². The van der Waals surface area contributed by atoms with E-state index in [1.165, 1.54) is 12.8 Å². The molecular weight excluding hydrogens is 284 g/mol. The highest BCUT2D eigenvalue weighted by Crippen LogP contribution is 2.29. The average molecular weight is 304 g/mol. The molecule has 23 heavy (non-hydrogen) atoms. The Bertz CT molecular complexity index is 808. The van der Waals surface area contributed by atoms with Crippen LogP contribution in [0.15, 0.2) is 48.7 Å². The molecule has 0 spiro atoms. The first-order chi connectivity index (χ1) is 11.3. The third kappa shape index (κ3) is 2.77. The molecule has 1 aliphatic rings. The van der Waals surface area contributed by atoms with E-state index < -0.39 is 0 Å². The van der Waals surface area contributed by atoms with E-state index in [2.05, 4.69) is 35.0 Å². The molecule has 0 atom stereocenters. The molecule has 0 aliphatic carbocycles. The molecule has 1 fully saturated rings. The fourth-order valence-corrected chi connectivity index (χ4v) is 3.13. The van der Waals surface area contributed by atoms with Crippen LogP contribution in [-0.4, -0.2) is 28.0 Å². The van der Waals surface area contributed by atoms with Gasteiger partial charge in [-0.05, 0) is 43.0 Å². The summed E-state index contributed by atoms with van der Waals surface area (Å²) in [7, 11) is 0. The minimum Gasteiger partial charge on any atom is -0.356 e. The molecule has 0 bridgehead atoms. The number of piperidine rings is 1. The predicted octanol–water partition coefficient (Wildman–Crippen LogP) is 3.93. The first-order valence-electron chi connectivity index (χ1n) is 8.24. The molecule has 1 aliphatic heterocycles. The van der Waals surface area contributed by atoms with Crippen molar-refractivity contribution in [1.29, 1.82) is 0 Å². The normalized spacial score (nSPS) is 16.0. The van der Waals surface area contributed by atoms with Crippen LogP contribution in [0.25, 0.3) is 22.4 Å². The van der Waals surface area contributed by atoms with Gasteiger partial charge >= 0.3 is 0 Å². The van der Waals surface area contributed by atoms with E-state index >= 15 is 0 Å². The maximum absolute atomic E-state index is 4.87. The summed E-state index contributed by atoms with van der Waals surface area (Å²) in [6.07, 6.45) is 4.23. The number of nitrogens with zero attached hydrogens (tertiary/aromatic N) is 4. The van der Waals surface area contributed by atoms with E-state index in [0.717, 1.165) is 41.4 Å². The molecule has 116 valence electrons. The molecule has 4 heteroatoms. The number of benzene rings is 1. The lowest BCUT2D eigenvalue weighted by Crippen LogP contribution is -2.33. The van der Waals surface area contributed by atoms with Gasteiger partial charge in [0.1, 0.15) is 11.5 Å². The molecule has 0 saturated carbocycles. The molecule has 4 nitrogen and oxygen atoms in total. The molecule has 0 amide bonds. The van der Waals surface area contributed by atoms with Gasteiger partial charge in [-0.25, -0.2) is 9.97 Å². The van der Waals surface area contributed by atoms with Crippen molar-refractivity contribution in [3.63, 3.8) is 0 Å². The fourth-order valence-electron chi connectivity index (χ4n) is 3.13. The van der Waals surface area contributed by atoms with Crippen LogP contribution in [0.2, 0.25) is 0 Å². The minimum absolute atomic E-state index is 0.706. The number of anilines is 1. The first-order valence-corrected chi connectivity index (χ1v) is 8.24. The van der Waals surface area contributed by atoms with Gasteiger partial charge in [0.2, 0.25) is 0 Å². The van der Waals surface area contributed by atoms with Gasteiger partial charge in [0.25, 0.3) is 0 Å². The van der Waals surface area contributed by atoms with Gasteiger partial charge in [-0.1, -0.05) is 25.1 Å². The Labute approximate surface area is 136 Å². The van der Waals surface area contributed by atoms with Crippen molar-refractivity contribution in [1.82, 2.24) is 15.0 Å². The lowest BCUT2D eigenvalue weighted by molar-refractivity contribution is 0.437. The second-order valence-corrected chi connectivity index (χ2v) is 6.27. The molecule has 2 aromatic heterocycles. The van der Waals surface area contributed by atoms with Gasteiger partial charge in [0.05, 0.1) is 5.52 Å². The smallest absolute Gasteiger partial charge is 0.180 e. The number of para-hydroxylation sites is 1. The Morgan fingerprint density at radius 3 is 2.52 bits per heavy atom. The molecule has 1 saturated heterocycles. The Kier molecular flexibility index (Phi) is 3.66. The number of rotatable bonds is 2. The summed E-state index contributed by atoms with van der Waals surface area (Å²) in [4.78, 5) is 16.4. The van der Waals surface area contributed by atoms with Gasteiger partial charge in [0.15, 0.2) is 5.82 Å². The highest BCUT2D eigenvalue weighted by atomic mass is 15.2. The third-order valence-corrected chi connectivity index (χ3v) is 4.56. The molecule has 0 unspecified atom stereocenters. The number of hydrogen-bond acceptors (Lipinski definition) is 4. The quantitative estimate of drug-likeness (QED) is 0.719. The predicted molar refractivity (Wildman–Crippen MR) is 93.4 cm³/mol. The van der Waals surface area contributed by atoms with Crippen LogP contribution in [0.4, 0.5) is 5.82 Å². The molecule has 3 aromatic rings. The summed E-state index contributed by atoms with van der Waals surface area (Å²) < 4.78 is 0. The van der Waals surface area contributed by atoms with Crippen molar-refractivity contribution >= 4 is 16.7 Å². The summed E-state index contributed by atoms with van der Waals surface area (Å²) in [5.74, 6) is 2.55. The van der Waals surface area contributed by atoms with Crippen LogP contribution in [0.3, 0.4) is 0 Å². The largest absolute Gasteiger partial charge is 0.356 e. The number of hydrogen-bond donors (Lipinski definition) is 0. The summed E-state index contributed by atoms with van der Waals surface area (Å²) in [5.41, 5.74) is 1.81. The van der Waals surface area contributed by atoms with Crippen LogP contribution < -0.4 is 4.90 Å². The van der Waals surface area contributed by atoms with Crippen molar-refractivity contribution in [2.75, 3.05) is 18.0 Å². The van der Waals surface area contributed by atoms with Gasteiger partial charge in [-0.15, -0.1) is 0 Å². The van der Waals surface area contributed by atoms with Gasteiger partial charge in [-0.2, -0.15) is 0 Å². The maximum Gasteiger partial charge on any atom is 0.180 e. The fraction of sp³-hybridized carbons (Fsp3) is 0.316. The van der Waals surface area contributed by atoms with E-state index in [0.29, 0.717) is 5.82 Å². The number of fused-ring (bicyclic) bond motifs is 1. The Hall–Kier alpha value is -2.49. The molecule has 0 radical (unpaired) electrons. The van der Waals surface area contributed by atoms with Crippen LogP contribution in [0.1, 0.15) is 19.8 Å². The number of pyridine rings is 1. The highest BCUT2D eigenvalue weighted by molar-refractivity contribution is 5.90. The van der Waals surface area contributed by atoms with Gasteiger partial charge in [-0.3, -0.25) is 4.98 Å². The Morgan fingerprint density at radius 2 is 1.74 bits per heavy atom. The SMILES string of the molecule is CC1CCN(c2nc(-c3ccccn3)nc3ccccc23)CC1. The zero-order chi connectivity index (χ0) is 15.6. The molecule has 1 aromatic carbocycles. The zero-order valence-electron chi connectivity index (χ0n) is 13.3. The molecule has 4 rings (SSSR count). The topological polar surface area (TPSA) is 41.9 Å². The second kappa shape index (κ2) is 5.95. The van der Waals surface area contributed by atoms with Gasteiger partial charge < -0.3 is 4.90 Å². The van der Waals surface area contributed by atoms with Gasteiger partial charge in [0, 0.05) is 24.7 Å². The van der Waals surface area contributed by atoms with Crippen LogP contribution in [-0.2, 0) is 0 Å². The van der Waals surface area contributed by atoms with E-state index in [9.17, 15) is 0 Å². The van der Waals surface area contributed by atoms with Crippen molar-refractivity contribution in [3.05, 3.63) is 48.7 Å². The molecule has 0 N–H and O–H groups in total. The lowest BCUT2D eigenvalue weighted by Gasteiger charge is -2.32. The lowest BCUT2D eigenvalue weighted by atomic mass is 9.99. The zero-order valence-corrected chi connectivity index (χ0v) is 13.3. The summed E-state index contributed by atoms with van der Waals surface area (Å²) in [6, 6.07) is 14.1. The van der Waals surface area contributed by atoms with Crippen LogP contribution in [0.5, 0.6) is 0 Å². The number of aromatic nitrogens is 3. The van der Waals surface area contributed by atoms with Crippen molar-refractivity contribution in [2.24, 2.45) is 5.92 Å². The summed E-state index contributed by atoms with van der Waals surface area (Å²) in [5, 5.41) is 1.13. The maximum atomic E-state index is 4.87. The van der Waals surface area contributed by atoms with E-state index in [-0.39, 0.29) is 0 Å². The Balaban J connectivity index is 1.84. The summed E-state index contributed by atoms with van der Waals surface area (Å²) in [6.45, 7) is 4.45. The molecule has 3 heterocycles. The third-order valence-electron chi connectivity index (χ3n) is 4.56. The monoisotopic (exact) mass is 304 g/mol. The van der Waals surface area contributed by atoms with E-state index in [1.54, 1.807) is 6.20 Å². The minimum atomic E-state index is 0.706. The van der Waals surface area contributed by atoms with Crippen LogP contribution in [0, 0.1) is 5.92 Å². The standard InChI is InChI=1S/C19H20N4/c1-14-9-12-23(13-10-14)19-15-6-2-3-7-16(15)21-18(22-19)17-8-4-5-11-20-17/h2-8,11,14H,9-10,12-13H2,1H3. The summed E-state index contributed by atoms with van der Waals surface area (Å²) >= 11 is 0. The Morgan fingerprint density at radius 1 is 0.957 bits per heavy atom. The van der Waals surface area contributed by atoms with Crippen molar-refractivity contribution < 1.29 is 0 Å². The van der Waals surface area contributed by atoms with Crippen molar-refractivity contribution in [3.8, 4) is 11.5 Å². The molecular formula is C19H20N4. The van der Waals surface area contributed by atoms with Crippen LogP contribution >= 0.6 is 0 Å². The first kappa shape index (κ1) is 14.1. The van der Waals surface area contributed by atoms with E-state index in [4.69, 9.17) is 9.97 Å². The van der Waals surface area contributed by atoms with Crippen molar-refractivity contribution in [2.45, 2.75) is 19.8 Å². The highest BCUT2D eigenvalue weighted by Gasteiger charge is 2.20. The second-order valence-electron chi connectivity index (χ2n) is 6.27. The average Bonchev–Trinajstić information content (AvgIpc) is 2.62.